The van der Waals surface area contributed by atoms with Crippen LogP contribution in [0.3, 0.4) is 0 Å². The normalized spacial score (nSPS) is 11.5. The highest BCUT2D eigenvalue weighted by molar-refractivity contribution is 5.97. The molecule has 2 amide bonds. The molecule has 2 rings (SSSR count). The molecule has 1 unspecified atom stereocenters. The van der Waals surface area contributed by atoms with E-state index in [9.17, 15) is 14.4 Å². The van der Waals surface area contributed by atoms with Crippen LogP contribution < -0.4 is 10.6 Å². The van der Waals surface area contributed by atoms with Gasteiger partial charge in [-0.3, -0.25) is 14.4 Å². The summed E-state index contributed by atoms with van der Waals surface area (Å²) in [5.41, 5.74) is 3.25. The number of nitrogens with one attached hydrogen (secondary N) is 2. The summed E-state index contributed by atoms with van der Waals surface area (Å²) < 4.78 is 0. The summed E-state index contributed by atoms with van der Waals surface area (Å²) >= 11 is 0. The summed E-state index contributed by atoms with van der Waals surface area (Å²) in [7, 11) is 0. The van der Waals surface area contributed by atoms with Gasteiger partial charge >= 0.3 is 5.97 Å². The number of carbonyl (C=O) groups excluding carboxylic acids is 2. The number of anilines is 1. The molecule has 2 aromatic carbocycles. The van der Waals surface area contributed by atoms with Crippen molar-refractivity contribution in [2.24, 2.45) is 0 Å². The van der Waals surface area contributed by atoms with Gasteiger partial charge in [0.1, 0.15) is 6.54 Å². The summed E-state index contributed by atoms with van der Waals surface area (Å²) in [5, 5.41) is 13.7. The van der Waals surface area contributed by atoms with E-state index in [-0.39, 0.29) is 11.8 Å². The van der Waals surface area contributed by atoms with E-state index in [1.807, 2.05) is 19.1 Å². The van der Waals surface area contributed by atoms with Crippen LogP contribution in [0.15, 0.2) is 48.5 Å². The molecule has 0 spiro atoms. The van der Waals surface area contributed by atoms with Gasteiger partial charge in [0.05, 0.1) is 0 Å². The van der Waals surface area contributed by atoms with Crippen LogP contribution in [0.5, 0.6) is 0 Å². The van der Waals surface area contributed by atoms with Gasteiger partial charge in [-0.25, -0.2) is 0 Å². The molecule has 1 atom stereocenters. The molecule has 142 valence electrons. The van der Waals surface area contributed by atoms with Gasteiger partial charge in [0.25, 0.3) is 5.91 Å². The maximum absolute atomic E-state index is 12.4. The molecule has 0 heterocycles. The Morgan fingerprint density at radius 1 is 1.00 bits per heavy atom. The number of aryl methyl sites for hydroxylation is 1. The molecule has 2 aromatic rings. The molecule has 0 saturated carbocycles. The lowest BCUT2D eigenvalue weighted by molar-refractivity contribution is -0.135. The Bertz CT molecular complexity index is 798. The lowest BCUT2D eigenvalue weighted by Crippen LogP contribution is -2.29. The van der Waals surface area contributed by atoms with Crippen LogP contribution in [-0.4, -0.2) is 29.4 Å². The van der Waals surface area contributed by atoms with Gasteiger partial charge in [-0.05, 0) is 49.1 Å². The van der Waals surface area contributed by atoms with E-state index < -0.39 is 18.4 Å². The van der Waals surface area contributed by atoms with Crippen LogP contribution in [0.2, 0.25) is 0 Å². The Kier molecular flexibility index (Phi) is 7.11. The summed E-state index contributed by atoms with van der Waals surface area (Å²) in [4.78, 5) is 34.6. The number of rotatable bonds is 8. The smallest absolute Gasteiger partial charge is 0.322 e. The molecule has 0 aliphatic rings. The molecule has 0 bridgehead atoms. The van der Waals surface area contributed by atoms with Gasteiger partial charge < -0.3 is 15.7 Å². The molecule has 6 heteroatoms. The van der Waals surface area contributed by atoms with Crippen LogP contribution in [0, 0.1) is 6.92 Å². The molecule has 0 saturated heterocycles. The molecule has 27 heavy (non-hydrogen) atoms. The Morgan fingerprint density at radius 2 is 1.63 bits per heavy atom. The van der Waals surface area contributed by atoms with E-state index >= 15 is 0 Å². The number of aliphatic carboxylic acids is 1. The van der Waals surface area contributed by atoms with Crippen LogP contribution in [0.25, 0.3) is 0 Å². The number of carboxylic acids is 1. The predicted octanol–water partition coefficient (Wildman–Crippen LogP) is 3.33. The number of benzene rings is 2. The molecule has 0 aliphatic heterocycles. The largest absolute Gasteiger partial charge is 0.480 e. The molecule has 0 aromatic heterocycles. The maximum Gasteiger partial charge on any atom is 0.322 e. The SMILES string of the molecule is CCC(CC(=O)Nc1ccc(C(=O)NCC(=O)O)cc1)c1ccc(C)cc1. The van der Waals surface area contributed by atoms with Crippen molar-refractivity contribution in [2.75, 3.05) is 11.9 Å². The number of hydrogen-bond donors (Lipinski definition) is 3. The minimum atomic E-state index is -1.11. The van der Waals surface area contributed by atoms with Crippen molar-refractivity contribution in [3.63, 3.8) is 0 Å². The zero-order chi connectivity index (χ0) is 19.8. The van der Waals surface area contributed by atoms with Crippen molar-refractivity contribution < 1.29 is 19.5 Å². The molecule has 0 fully saturated rings. The summed E-state index contributed by atoms with van der Waals surface area (Å²) in [6.07, 6.45) is 1.24. The second kappa shape index (κ2) is 9.52. The third kappa shape index (κ3) is 6.26. The van der Waals surface area contributed by atoms with Crippen molar-refractivity contribution in [2.45, 2.75) is 32.6 Å². The number of carboxylic acid groups (broad SMARTS) is 1. The van der Waals surface area contributed by atoms with E-state index in [4.69, 9.17) is 5.11 Å². The molecule has 0 aliphatic carbocycles. The van der Waals surface area contributed by atoms with Crippen LogP contribution >= 0.6 is 0 Å². The van der Waals surface area contributed by atoms with Crippen LogP contribution in [-0.2, 0) is 9.59 Å². The summed E-state index contributed by atoms with van der Waals surface area (Å²) in [6, 6.07) is 14.5. The van der Waals surface area contributed by atoms with Crippen molar-refractivity contribution in [1.29, 1.82) is 0 Å². The molecule has 3 N–H and O–H groups in total. The Hall–Kier alpha value is -3.15. The molecular weight excluding hydrogens is 344 g/mol. The highest BCUT2D eigenvalue weighted by atomic mass is 16.4. The van der Waals surface area contributed by atoms with Crippen molar-refractivity contribution in [3.8, 4) is 0 Å². The first-order valence-electron chi connectivity index (χ1n) is 8.85. The van der Waals surface area contributed by atoms with E-state index in [1.165, 1.54) is 5.56 Å². The van der Waals surface area contributed by atoms with Gasteiger partial charge in [-0.2, -0.15) is 0 Å². The van der Waals surface area contributed by atoms with Gasteiger partial charge in [0, 0.05) is 17.7 Å². The maximum atomic E-state index is 12.4. The quantitative estimate of drug-likeness (QED) is 0.666. The molecule has 0 radical (unpaired) electrons. The van der Waals surface area contributed by atoms with Crippen LogP contribution in [0.1, 0.15) is 47.2 Å². The third-order valence-electron chi connectivity index (χ3n) is 4.30. The zero-order valence-corrected chi connectivity index (χ0v) is 15.5. The van der Waals surface area contributed by atoms with Crippen molar-refractivity contribution >= 4 is 23.5 Å². The lowest BCUT2D eigenvalue weighted by Gasteiger charge is -2.15. The topological polar surface area (TPSA) is 95.5 Å². The fraction of sp³-hybridized carbons (Fsp3) is 0.286. The average Bonchev–Trinajstić information content (AvgIpc) is 2.65. The van der Waals surface area contributed by atoms with Gasteiger partial charge in [-0.15, -0.1) is 0 Å². The fourth-order valence-corrected chi connectivity index (χ4v) is 2.74. The van der Waals surface area contributed by atoms with Gasteiger partial charge in [0.15, 0.2) is 0 Å². The van der Waals surface area contributed by atoms with E-state index in [2.05, 4.69) is 29.7 Å². The first-order chi connectivity index (χ1) is 12.9. The molecular formula is C21H24N2O4. The number of hydrogen-bond acceptors (Lipinski definition) is 3. The van der Waals surface area contributed by atoms with E-state index in [1.54, 1.807) is 24.3 Å². The summed E-state index contributed by atoms with van der Waals surface area (Å²) in [5.74, 6) is -1.52. The van der Waals surface area contributed by atoms with E-state index in [0.29, 0.717) is 17.7 Å². The fourth-order valence-electron chi connectivity index (χ4n) is 2.74. The number of carbonyl (C=O) groups is 3. The van der Waals surface area contributed by atoms with E-state index in [0.717, 1.165) is 12.0 Å². The number of amides is 2. The second-order valence-electron chi connectivity index (χ2n) is 6.42. The monoisotopic (exact) mass is 368 g/mol. The van der Waals surface area contributed by atoms with Crippen LogP contribution in [0.4, 0.5) is 5.69 Å². The highest BCUT2D eigenvalue weighted by Crippen LogP contribution is 2.24. The first-order valence-corrected chi connectivity index (χ1v) is 8.85. The molecule has 6 nitrogen and oxygen atoms in total. The van der Waals surface area contributed by atoms with Crippen molar-refractivity contribution in [3.05, 3.63) is 65.2 Å². The Labute approximate surface area is 158 Å². The third-order valence-corrected chi connectivity index (χ3v) is 4.30. The lowest BCUT2D eigenvalue weighted by atomic mass is 9.92. The van der Waals surface area contributed by atoms with Gasteiger partial charge in [-0.1, -0.05) is 36.8 Å². The Morgan fingerprint density at radius 3 is 2.19 bits per heavy atom. The Balaban J connectivity index is 1.93. The van der Waals surface area contributed by atoms with Gasteiger partial charge in [0.2, 0.25) is 5.91 Å². The predicted molar refractivity (Wildman–Crippen MR) is 104 cm³/mol. The van der Waals surface area contributed by atoms with Crippen molar-refractivity contribution in [1.82, 2.24) is 5.32 Å². The standard InChI is InChI=1S/C21H24N2O4/c1-3-15(16-6-4-14(2)5-7-16)12-19(24)23-18-10-8-17(9-11-18)21(27)22-13-20(25)26/h4-11,15H,3,12-13H2,1-2H3,(H,22,27)(H,23,24)(H,25,26). The summed E-state index contributed by atoms with van der Waals surface area (Å²) in [6.45, 7) is 3.65. The average molecular weight is 368 g/mol. The first kappa shape index (κ1) is 20.2. The second-order valence-corrected chi connectivity index (χ2v) is 6.42. The zero-order valence-electron chi connectivity index (χ0n) is 15.5. The minimum Gasteiger partial charge on any atom is -0.480 e. The highest BCUT2D eigenvalue weighted by Gasteiger charge is 2.15. The minimum absolute atomic E-state index is 0.0921.